The first kappa shape index (κ1) is 17.1. The molecule has 0 aliphatic rings. The summed E-state index contributed by atoms with van der Waals surface area (Å²) >= 11 is 3.41. The topological polar surface area (TPSA) is 72.0 Å². The van der Waals surface area contributed by atoms with Gasteiger partial charge in [-0.3, -0.25) is 4.79 Å². The Morgan fingerprint density at radius 3 is 2.72 bits per heavy atom. The molecule has 5 nitrogen and oxygen atoms in total. The van der Waals surface area contributed by atoms with Crippen LogP contribution in [-0.4, -0.2) is 15.9 Å². The number of para-hydroxylation sites is 1. The van der Waals surface area contributed by atoms with Gasteiger partial charge in [-0.2, -0.15) is 0 Å². The van der Waals surface area contributed by atoms with Gasteiger partial charge < -0.3 is 9.72 Å². The molecule has 3 aromatic rings. The van der Waals surface area contributed by atoms with Crippen LogP contribution in [0.25, 0.3) is 17.0 Å². The summed E-state index contributed by atoms with van der Waals surface area (Å²) in [7, 11) is 0. The van der Waals surface area contributed by atoms with Crippen molar-refractivity contribution in [2.45, 2.75) is 13.0 Å². The monoisotopic (exact) mass is 398 g/mol. The molecule has 1 atom stereocenters. The average Bonchev–Trinajstić information content (AvgIpc) is 2.61. The molecule has 3 rings (SSSR count). The standard InChI is InChI=1S/C19H15BrN2O3/c1-12(18-21-16-9-5-3-7-14(16)19(24)22-18)25-17(23)11-10-13-6-2-4-8-15(13)20/h2-12H,1H3,(H,21,22,24)/b11-10+/t12-/m1/s1. The summed E-state index contributed by atoms with van der Waals surface area (Å²) in [6.45, 7) is 1.66. The number of benzene rings is 2. The predicted molar refractivity (Wildman–Crippen MR) is 100 cm³/mol. The summed E-state index contributed by atoms with van der Waals surface area (Å²) in [5.74, 6) is -0.203. The van der Waals surface area contributed by atoms with Crippen molar-refractivity contribution < 1.29 is 9.53 Å². The summed E-state index contributed by atoms with van der Waals surface area (Å²) in [6, 6.07) is 14.5. The maximum absolute atomic E-state index is 12.1. The Kier molecular flexibility index (Phi) is 5.09. The molecule has 6 heteroatoms. The Morgan fingerprint density at radius 2 is 1.92 bits per heavy atom. The van der Waals surface area contributed by atoms with E-state index in [-0.39, 0.29) is 5.56 Å². The lowest BCUT2D eigenvalue weighted by molar-refractivity contribution is -0.142. The molecular weight excluding hydrogens is 384 g/mol. The lowest BCUT2D eigenvalue weighted by atomic mass is 10.2. The minimum Gasteiger partial charge on any atom is -0.451 e. The number of hydrogen-bond donors (Lipinski definition) is 1. The summed E-state index contributed by atoms with van der Waals surface area (Å²) in [5, 5.41) is 0.499. The van der Waals surface area contributed by atoms with Crippen LogP contribution in [0.1, 0.15) is 24.4 Å². The van der Waals surface area contributed by atoms with E-state index in [0.717, 1.165) is 10.0 Å². The molecule has 0 aliphatic carbocycles. The third kappa shape index (κ3) is 4.03. The van der Waals surface area contributed by atoms with Gasteiger partial charge in [-0.1, -0.05) is 46.3 Å². The molecule has 126 valence electrons. The number of H-pyrrole nitrogens is 1. The Balaban J connectivity index is 1.76. The maximum Gasteiger partial charge on any atom is 0.331 e. The third-order valence-electron chi connectivity index (χ3n) is 3.61. The van der Waals surface area contributed by atoms with Crippen LogP contribution in [0.5, 0.6) is 0 Å². The van der Waals surface area contributed by atoms with Crippen LogP contribution in [0.15, 0.2) is 63.9 Å². The lowest BCUT2D eigenvalue weighted by Crippen LogP contribution is -2.16. The van der Waals surface area contributed by atoms with Gasteiger partial charge in [0.05, 0.1) is 10.9 Å². The SMILES string of the molecule is C[C@@H](OC(=O)/C=C/c1ccccc1Br)c1nc2ccccc2c(=O)[nH]1. The van der Waals surface area contributed by atoms with Gasteiger partial charge in [0.2, 0.25) is 0 Å². The molecule has 0 fully saturated rings. The van der Waals surface area contributed by atoms with Crippen molar-refractivity contribution in [3.8, 4) is 0 Å². The summed E-state index contributed by atoms with van der Waals surface area (Å²) in [5.41, 5.74) is 1.17. The maximum atomic E-state index is 12.1. The minimum atomic E-state index is -0.673. The van der Waals surface area contributed by atoms with Crippen LogP contribution in [0.3, 0.4) is 0 Å². The number of carbonyl (C=O) groups is 1. The van der Waals surface area contributed by atoms with Crippen molar-refractivity contribution in [3.05, 3.63) is 80.8 Å². The van der Waals surface area contributed by atoms with Crippen molar-refractivity contribution in [1.29, 1.82) is 0 Å². The highest BCUT2D eigenvalue weighted by molar-refractivity contribution is 9.10. The van der Waals surface area contributed by atoms with E-state index in [1.54, 1.807) is 37.3 Å². The average molecular weight is 399 g/mol. The van der Waals surface area contributed by atoms with E-state index < -0.39 is 12.1 Å². The molecule has 0 radical (unpaired) electrons. The second-order valence-electron chi connectivity index (χ2n) is 5.40. The van der Waals surface area contributed by atoms with Crippen LogP contribution in [-0.2, 0) is 9.53 Å². The number of rotatable bonds is 4. The summed E-state index contributed by atoms with van der Waals surface area (Å²) in [4.78, 5) is 31.1. The van der Waals surface area contributed by atoms with Crippen LogP contribution < -0.4 is 5.56 Å². The highest BCUT2D eigenvalue weighted by atomic mass is 79.9. The smallest absolute Gasteiger partial charge is 0.331 e. The molecule has 25 heavy (non-hydrogen) atoms. The first-order chi connectivity index (χ1) is 12.0. The van der Waals surface area contributed by atoms with Crippen molar-refractivity contribution in [1.82, 2.24) is 9.97 Å². The highest BCUT2D eigenvalue weighted by Crippen LogP contribution is 2.18. The number of aromatic amines is 1. The fourth-order valence-electron chi connectivity index (χ4n) is 2.33. The number of hydrogen-bond acceptors (Lipinski definition) is 4. The van der Waals surface area contributed by atoms with E-state index in [4.69, 9.17) is 4.74 Å². The van der Waals surface area contributed by atoms with Crippen LogP contribution in [0.2, 0.25) is 0 Å². The molecule has 1 aromatic heterocycles. The number of aromatic nitrogens is 2. The molecule has 1 N–H and O–H groups in total. The molecule has 0 amide bonds. The Labute approximate surface area is 152 Å². The molecule has 0 saturated carbocycles. The second kappa shape index (κ2) is 7.44. The lowest BCUT2D eigenvalue weighted by Gasteiger charge is -2.11. The van der Waals surface area contributed by atoms with Gasteiger partial charge in [0.25, 0.3) is 5.56 Å². The van der Waals surface area contributed by atoms with Gasteiger partial charge in [-0.25, -0.2) is 9.78 Å². The Bertz CT molecular complexity index is 1010. The first-order valence-corrected chi connectivity index (χ1v) is 8.46. The third-order valence-corrected chi connectivity index (χ3v) is 4.34. The van der Waals surface area contributed by atoms with E-state index in [0.29, 0.717) is 16.7 Å². The Morgan fingerprint density at radius 1 is 1.20 bits per heavy atom. The van der Waals surface area contributed by atoms with Gasteiger partial charge in [0.15, 0.2) is 11.9 Å². The molecule has 0 spiro atoms. The summed E-state index contributed by atoms with van der Waals surface area (Å²) in [6.07, 6.45) is 2.33. The van der Waals surface area contributed by atoms with Gasteiger partial charge in [-0.05, 0) is 36.8 Å². The van der Waals surface area contributed by atoms with Gasteiger partial charge in [0, 0.05) is 10.5 Å². The first-order valence-electron chi connectivity index (χ1n) is 7.67. The quantitative estimate of drug-likeness (QED) is 0.532. The van der Waals surface area contributed by atoms with E-state index in [9.17, 15) is 9.59 Å². The fourth-order valence-corrected chi connectivity index (χ4v) is 2.75. The van der Waals surface area contributed by atoms with Crippen molar-refractivity contribution in [3.63, 3.8) is 0 Å². The summed E-state index contributed by atoms with van der Waals surface area (Å²) < 4.78 is 6.21. The van der Waals surface area contributed by atoms with Gasteiger partial charge in [-0.15, -0.1) is 0 Å². The van der Waals surface area contributed by atoms with E-state index in [2.05, 4.69) is 25.9 Å². The zero-order valence-electron chi connectivity index (χ0n) is 13.4. The molecular formula is C19H15BrN2O3. The van der Waals surface area contributed by atoms with Crippen LogP contribution in [0.4, 0.5) is 0 Å². The van der Waals surface area contributed by atoms with E-state index >= 15 is 0 Å². The number of ether oxygens (including phenoxy) is 1. The molecule has 0 aliphatic heterocycles. The van der Waals surface area contributed by atoms with E-state index in [1.807, 2.05) is 24.3 Å². The predicted octanol–water partition coefficient (Wildman–Crippen LogP) is 4.00. The number of halogens is 1. The molecule has 0 bridgehead atoms. The van der Waals surface area contributed by atoms with Crippen LogP contribution in [0, 0.1) is 0 Å². The number of nitrogens with one attached hydrogen (secondary N) is 1. The Hall–Kier alpha value is -2.73. The van der Waals surface area contributed by atoms with Crippen molar-refractivity contribution >= 4 is 38.9 Å². The second-order valence-corrected chi connectivity index (χ2v) is 6.26. The highest BCUT2D eigenvalue weighted by Gasteiger charge is 2.14. The van der Waals surface area contributed by atoms with Crippen molar-refractivity contribution in [2.24, 2.45) is 0 Å². The number of nitrogens with zero attached hydrogens (tertiary/aromatic N) is 1. The normalized spacial score (nSPS) is 12.4. The number of esters is 1. The van der Waals surface area contributed by atoms with Crippen molar-refractivity contribution in [2.75, 3.05) is 0 Å². The van der Waals surface area contributed by atoms with Crippen LogP contribution >= 0.6 is 15.9 Å². The number of carbonyl (C=O) groups excluding carboxylic acids is 1. The van der Waals surface area contributed by atoms with Gasteiger partial charge in [0.1, 0.15) is 0 Å². The largest absolute Gasteiger partial charge is 0.451 e. The molecule has 1 heterocycles. The van der Waals surface area contributed by atoms with Gasteiger partial charge >= 0.3 is 5.97 Å². The number of fused-ring (bicyclic) bond motifs is 1. The fraction of sp³-hybridized carbons (Fsp3) is 0.105. The molecule has 0 saturated heterocycles. The van der Waals surface area contributed by atoms with E-state index in [1.165, 1.54) is 6.08 Å². The molecule has 2 aromatic carbocycles. The zero-order chi connectivity index (χ0) is 17.8. The zero-order valence-corrected chi connectivity index (χ0v) is 15.0. The minimum absolute atomic E-state index is 0.257. The molecule has 0 unspecified atom stereocenters.